The number of hydrogen-bond donors (Lipinski definition) is 1. The van der Waals surface area contributed by atoms with Gasteiger partial charge in [0.25, 0.3) is 0 Å². The summed E-state index contributed by atoms with van der Waals surface area (Å²) in [5.74, 6) is -0.976. The zero-order chi connectivity index (χ0) is 20.2. The van der Waals surface area contributed by atoms with Gasteiger partial charge in [-0.1, -0.05) is 26.7 Å². The van der Waals surface area contributed by atoms with E-state index in [0.717, 1.165) is 25.7 Å². The third kappa shape index (κ3) is 9.01. The quantitative estimate of drug-likeness (QED) is 0.422. The molecule has 1 saturated heterocycles. The van der Waals surface area contributed by atoms with Gasteiger partial charge in [-0.2, -0.15) is 0 Å². The molecule has 1 unspecified atom stereocenters. The molecule has 1 fully saturated rings. The molecule has 0 bridgehead atoms. The molecule has 5 atom stereocenters. The van der Waals surface area contributed by atoms with Crippen molar-refractivity contribution in [3.63, 3.8) is 0 Å². The second-order valence-corrected chi connectivity index (χ2v) is 6.70. The van der Waals surface area contributed by atoms with Gasteiger partial charge in [0.05, 0.1) is 6.10 Å². The normalized spacial score (nSPS) is 28.4. The van der Waals surface area contributed by atoms with Gasteiger partial charge in [-0.3, -0.25) is 9.59 Å². The summed E-state index contributed by atoms with van der Waals surface area (Å²) in [5, 5.41) is 10.7. The summed E-state index contributed by atoms with van der Waals surface area (Å²) in [5.41, 5.74) is 0. The summed E-state index contributed by atoms with van der Waals surface area (Å²) < 4.78 is 28.0. The molecule has 1 aliphatic heterocycles. The highest BCUT2D eigenvalue weighted by molar-refractivity contribution is 5.66. The van der Waals surface area contributed by atoms with E-state index >= 15 is 0 Å². The summed E-state index contributed by atoms with van der Waals surface area (Å²) in [6, 6.07) is 0. The predicted octanol–water partition coefficient (Wildman–Crippen LogP) is 1.96. The number of carbonyl (C=O) groups excluding carboxylic acids is 2. The number of carbonyl (C=O) groups is 2. The van der Waals surface area contributed by atoms with Crippen LogP contribution in [0.15, 0.2) is 0 Å². The van der Waals surface area contributed by atoms with Gasteiger partial charge in [0.1, 0.15) is 24.9 Å². The van der Waals surface area contributed by atoms with Crippen molar-refractivity contribution in [3.8, 4) is 0 Å². The molecule has 0 aromatic heterocycles. The molecule has 0 aromatic rings. The fourth-order valence-corrected chi connectivity index (χ4v) is 2.82. The Morgan fingerprint density at radius 1 is 1.00 bits per heavy atom. The summed E-state index contributed by atoms with van der Waals surface area (Å²) in [6.07, 6.45) is -0.321. The van der Waals surface area contributed by atoms with Crippen molar-refractivity contribution < 1.29 is 38.4 Å². The smallest absolute Gasteiger partial charge is 0.304 e. The molecule has 1 aliphatic rings. The van der Waals surface area contributed by atoms with E-state index < -0.39 is 42.6 Å². The molecule has 0 saturated carbocycles. The molecule has 0 aromatic carbocycles. The first-order valence-electron chi connectivity index (χ1n) is 9.76. The van der Waals surface area contributed by atoms with Crippen LogP contribution in [0.5, 0.6) is 0 Å². The SMILES string of the molecule is CCCCO[C@H]1[C@H](OCCCC)[C@@H](COC(C)=O)OC(OC(C)=O)C[C@@H]1O. The van der Waals surface area contributed by atoms with Crippen LogP contribution in [0.25, 0.3) is 0 Å². The third-order valence-electron chi connectivity index (χ3n) is 4.19. The van der Waals surface area contributed by atoms with Gasteiger partial charge in [0.2, 0.25) is 6.29 Å². The molecule has 27 heavy (non-hydrogen) atoms. The lowest BCUT2D eigenvalue weighted by molar-refractivity contribution is -0.212. The van der Waals surface area contributed by atoms with E-state index in [9.17, 15) is 14.7 Å². The van der Waals surface area contributed by atoms with E-state index in [4.69, 9.17) is 23.7 Å². The molecule has 0 aliphatic carbocycles. The van der Waals surface area contributed by atoms with Crippen LogP contribution in [0, 0.1) is 0 Å². The number of unbranched alkanes of at least 4 members (excludes halogenated alkanes) is 2. The monoisotopic (exact) mass is 390 g/mol. The maximum Gasteiger partial charge on any atom is 0.304 e. The average molecular weight is 390 g/mol. The van der Waals surface area contributed by atoms with Crippen LogP contribution >= 0.6 is 0 Å². The lowest BCUT2D eigenvalue weighted by atomic mass is 10.0. The van der Waals surface area contributed by atoms with Crippen molar-refractivity contribution >= 4 is 11.9 Å². The maximum atomic E-state index is 11.4. The standard InChI is InChI=1S/C19H34O8/c1-5-7-9-23-18-15(22)11-17(26-14(4)21)27-16(12-25-13(3)20)19(18)24-10-8-6-2/h15-19,22H,5-12H2,1-4H3/t15-,16+,17?,18+,19+/m0/s1. The minimum absolute atomic E-state index is 0.0561. The molecule has 0 spiro atoms. The molecule has 0 radical (unpaired) electrons. The van der Waals surface area contributed by atoms with Gasteiger partial charge in [0, 0.05) is 33.5 Å². The second kappa shape index (κ2) is 13.0. The van der Waals surface area contributed by atoms with Gasteiger partial charge < -0.3 is 28.8 Å². The zero-order valence-electron chi connectivity index (χ0n) is 16.8. The van der Waals surface area contributed by atoms with E-state index in [2.05, 4.69) is 0 Å². The lowest BCUT2D eigenvalue weighted by Crippen LogP contribution is -2.48. The topological polar surface area (TPSA) is 101 Å². The molecule has 1 rings (SSSR count). The Labute approximate surface area is 161 Å². The van der Waals surface area contributed by atoms with E-state index in [1.165, 1.54) is 13.8 Å². The molecular weight excluding hydrogens is 356 g/mol. The Morgan fingerprint density at radius 3 is 2.11 bits per heavy atom. The maximum absolute atomic E-state index is 11.4. The van der Waals surface area contributed by atoms with Crippen LogP contribution in [-0.4, -0.2) is 67.6 Å². The van der Waals surface area contributed by atoms with Gasteiger partial charge in [0.15, 0.2) is 0 Å². The fraction of sp³-hybridized carbons (Fsp3) is 0.895. The minimum Gasteiger partial charge on any atom is -0.463 e. The largest absolute Gasteiger partial charge is 0.463 e. The Hall–Kier alpha value is -1.22. The summed E-state index contributed by atoms with van der Waals surface area (Å²) >= 11 is 0. The van der Waals surface area contributed by atoms with E-state index in [1.54, 1.807) is 0 Å². The average Bonchev–Trinajstić information content (AvgIpc) is 2.70. The highest BCUT2D eigenvalue weighted by atomic mass is 16.7. The lowest BCUT2D eigenvalue weighted by Gasteiger charge is -2.32. The zero-order valence-corrected chi connectivity index (χ0v) is 16.8. The molecule has 1 N–H and O–H groups in total. The molecule has 158 valence electrons. The van der Waals surface area contributed by atoms with Crippen LogP contribution in [0.2, 0.25) is 0 Å². The van der Waals surface area contributed by atoms with Gasteiger partial charge in [-0.05, 0) is 12.8 Å². The Bertz CT molecular complexity index is 441. The molecule has 1 heterocycles. The fourth-order valence-electron chi connectivity index (χ4n) is 2.82. The van der Waals surface area contributed by atoms with Crippen LogP contribution in [0.4, 0.5) is 0 Å². The number of ether oxygens (including phenoxy) is 5. The minimum atomic E-state index is -0.963. The van der Waals surface area contributed by atoms with Crippen LogP contribution in [-0.2, 0) is 33.3 Å². The molecule has 0 amide bonds. The first-order valence-corrected chi connectivity index (χ1v) is 9.76. The number of hydrogen-bond acceptors (Lipinski definition) is 8. The van der Waals surface area contributed by atoms with Crippen molar-refractivity contribution in [2.45, 2.75) is 90.5 Å². The predicted molar refractivity (Wildman–Crippen MR) is 97.0 cm³/mol. The van der Waals surface area contributed by atoms with Gasteiger partial charge in [-0.15, -0.1) is 0 Å². The van der Waals surface area contributed by atoms with E-state index in [-0.39, 0.29) is 13.0 Å². The Morgan fingerprint density at radius 2 is 1.59 bits per heavy atom. The summed E-state index contributed by atoms with van der Waals surface area (Å²) in [4.78, 5) is 22.6. The molecular formula is C19H34O8. The summed E-state index contributed by atoms with van der Waals surface area (Å²) in [7, 11) is 0. The number of rotatable bonds is 11. The van der Waals surface area contributed by atoms with Crippen LogP contribution in [0.3, 0.4) is 0 Å². The van der Waals surface area contributed by atoms with Gasteiger partial charge in [-0.25, -0.2) is 0 Å². The van der Waals surface area contributed by atoms with Crippen molar-refractivity contribution in [2.75, 3.05) is 19.8 Å². The number of aliphatic hydroxyl groups excluding tert-OH is 1. The third-order valence-corrected chi connectivity index (χ3v) is 4.19. The highest BCUT2D eigenvalue weighted by Crippen LogP contribution is 2.26. The van der Waals surface area contributed by atoms with Crippen LogP contribution < -0.4 is 0 Å². The number of esters is 2. The van der Waals surface area contributed by atoms with Crippen molar-refractivity contribution in [1.82, 2.24) is 0 Å². The van der Waals surface area contributed by atoms with Crippen LogP contribution in [0.1, 0.15) is 59.8 Å². The first-order chi connectivity index (χ1) is 12.9. The highest BCUT2D eigenvalue weighted by Gasteiger charge is 2.43. The van der Waals surface area contributed by atoms with Crippen molar-refractivity contribution in [3.05, 3.63) is 0 Å². The Kier molecular flexibility index (Phi) is 11.5. The first kappa shape index (κ1) is 23.8. The molecule has 8 heteroatoms. The molecule has 8 nitrogen and oxygen atoms in total. The van der Waals surface area contributed by atoms with Crippen molar-refractivity contribution in [2.24, 2.45) is 0 Å². The van der Waals surface area contributed by atoms with E-state index in [0.29, 0.717) is 13.2 Å². The number of aliphatic hydroxyl groups is 1. The Balaban J connectivity index is 3.00. The van der Waals surface area contributed by atoms with Crippen molar-refractivity contribution in [1.29, 1.82) is 0 Å². The summed E-state index contributed by atoms with van der Waals surface area (Å²) in [6.45, 7) is 7.51. The second-order valence-electron chi connectivity index (χ2n) is 6.70. The van der Waals surface area contributed by atoms with E-state index in [1.807, 2.05) is 13.8 Å². The van der Waals surface area contributed by atoms with Gasteiger partial charge >= 0.3 is 11.9 Å².